The van der Waals surface area contributed by atoms with Crippen molar-refractivity contribution < 1.29 is 4.79 Å². The highest BCUT2D eigenvalue weighted by Gasteiger charge is 2.37. The number of nitrogens with zero attached hydrogens (tertiary/aromatic N) is 2. The van der Waals surface area contributed by atoms with Crippen molar-refractivity contribution in [2.45, 2.75) is 50.7 Å². The van der Waals surface area contributed by atoms with E-state index >= 15 is 0 Å². The highest BCUT2D eigenvalue weighted by atomic mass is 35.5. The van der Waals surface area contributed by atoms with Gasteiger partial charge in [0.25, 0.3) is 0 Å². The lowest BCUT2D eigenvalue weighted by Gasteiger charge is -2.24. The first kappa shape index (κ1) is 19.0. The van der Waals surface area contributed by atoms with E-state index in [4.69, 9.17) is 0 Å². The molecule has 2 N–H and O–H groups in total. The van der Waals surface area contributed by atoms with E-state index in [-0.39, 0.29) is 36.8 Å². The largest absolute Gasteiger partial charge is 0.351 e. The Kier molecular flexibility index (Phi) is 6.49. The molecule has 1 saturated heterocycles. The number of hydrogen-bond donors (Lipinski definition) is 2. The Morgan fingerprint density at radius 2 is 2.12 bits per heavy atom. The van der Waals surface area contributed by atoms with E-state index < -0.39 is 0 Å². The Hall–Kier alpha value is -1.30. The van der Waals surface area contributed by atoms with Gasteiger partial charge in [0, 0.05) is 31.2 Å². The van der Waals surface area contributed by atoms with Crippen molar-refractivity contribution in [2.75, 3.05) is 0 Å². The molecule has 0 spiro atoms. The molecule has 1 aliphatic heterocycles. The molecular formula is C17H24Cl2N4O. The second-order valence-electron chi connectivity index (χ2n) is 6.55. The van der Waals surface area contributed by atoms with Crippen LogP contribution in [-0.4, -0.2) is 27.4 Å². The molecular weight excluding hydrogens is 347 g/mol. The Balaban J connectivity index is 0.00000104. The number of fused-ring (bicyclic) bond motifs is 2. The maximum atomic E-state index is 12.4. The fraction of sp³-hybridized carbons (Fsp3) is 0.529. The van der Waals surface area contributed by atoms with Crippen molar-refractivity contribution in [3.63, 3.8) is 0 Å². The van der Waals surface area contributed by atoms with Gasteiger partial charge in [0.15, 0.2) is 0 Å². The zero-order valence-corrected chi connectivity index (χ0v) is 15.1. The molecule has 0 aromatic carbocycles. The number of pyridine rings is 1. The minimum absolute atomic E-state index is 0. The highest BCUT2D eigenvalue weighted by molar-refractivity contribution is 5.85. The molecule has 1 amide bonds. The SMILES string of the molecule is Cl.Cl.O=C(NCc1ccn2ccnc2c1)C1CC2CCCCC2N1. The lowest BCUT2D eigenvalue weighted by Crippen LogP contribution is -2.42. The number of amides is 1. The summed E-state index contributed by atoms with van der Waals surface area (Å²) in [5.41, 5.74) is 2.00. The number of rotatable bonds is 3. The molecule has 2 aromatic rings. The number of aromatic nitrogens is 2. The van der Waals surface area contributed by atoms with Crippen LogP contribution in [0.2, 0.25) is 0 Å². The predicted molar refractivity (Wildman–Crippen MR) is 98.8 cm³/mol. The van der Waals surface area contributed by atoms with Gasteiger partial charge < -0.3 is 15.0 Å². The van der Waals surface area contributed by atoms with Gasteiger partial charge in [-0.05, 0) is 42.9 Å². The molecule has 3 unspecified atom stereocenters. The number of carbonyl (C=O) groups excluding carboxylic acids is 1. The molecule has 5 nitrogen and oxygen atoms in total. The molecule has 2 fully saturated rings. The zero-order chi connectivity index (χ0) is 14.9. The van der Waals surface area contributed by atoms with Gasteiger partial charge in [-0.1, -0.05) is 12.8 Å². The molecule has 1 aliphatic carbocycles. The molecule has 3 atom stereocenters. The van der Waals surface area contributed by atoms with Crippen LogP contribution in [0.25, 0.3) is 5.65 Å². The monoisotopic (exact) mass is 370 g/mol. The summed E-state index contributed by atoms with van der Waals surface area (Å²) >= 11 is 0. The fourth-order valence-corrected chi connectivity index (χ4v) is 3.90. The van der Waals surface area contributed by atoms with Crippen LogP contribution in [0.15, 0.2) is 30.7 Å². The van der Waals surface area contributed by atoms with E-state index in [0.29, 0.717) is 18.5 Å². The van der Waals surface area contributed by atoms with Crippen LogP contribution in [0.4, 0.5) is 0 Å². The minimum Gasteiger partial charge on any atom is -0.351 e. The van der Waals surface area contributed by atoms with E-state index in [2.05, 4.69) is 15.6 Å². The normalized spacial score (nSPS) is 25.4. The Morgan fingerprint density at radius 1 is 1.29 bits per heavy atom. The number of nitrogens with one attached hydrogen (secondary N) is 2. The van der Waals surface area contributed by atoms with Crippen molar-refractivity contribution in [3.8, 4) is 0 Å². The summed E-state index contributed by atoms with van der Waals surface area (Å²) in [6.45, 7) is 0.565. The standard InChI is InChI=1S/C17H22N4O.2ClH/c22-17(15-10-13-3-1-2-4-14(13)20-15)19-11-12-5-7-21-8-6-18-16(21)9-12;;/h5-9,13-15,20H,1-4,10-11H2,(H,19,22);2*1H. The average Bonchev–Trinajstić information content (AvgIpc) is 3.18. The second kappa shape index (κ2) is 8.19. The quantitative estimate of drug-likeness (QED) is 0.872. The van der Waals surface area contributed by atoms with Crippen molar-refractivity contribution in [2.24, 2.45) is 5.92 Å². The number of halogens is 2. The maximum absolute atomic E-state index is 12.4. The molecule has 24 heavy (non-hydrogen) atoms. The highest BCUT2D eigenvalue weighted by Crippen LogP contribution is 2.33. The summed E-state index contributed by atoms with van der Waals surface area (Å²) in [6.07, 6.45) is 11.8. The van der Waals surface area contributed by atoms with Crippen molar-refractivity contribution in [3.05, 3.63) is 36.3 Å². The van der Waals surface area contributed by atoms with Gasteiger partial charge >= 0.3 is 0 Å². The van der Waals surface area contributed by atoms with Gasteiger partial charge in [-0.15, -0.1) is 24.8 Å². The Bertz CT molecular complexity index is 676. The van der Waals surface area contributed by atoms with Crippen LogP contribution in [0.3, 0.4) is 0 Å². The lowest BCUT2D eigenvalue weighted by atomic mass is 9.85. The van der Waals surface area contributed by atoms with Gasteiger partial charge in [-0.2, -0.15) is 0 Å². The summed E-state index contributed by atoms with van der Waals surface area (Å²) in [5, 5.41) is 6.59. The van der Waals surface area contributed by atoms with E-state index in [1.807, 2.05) is 28.9 Å². The molecule has 4 rings (SSSR count). The van der Waals surface area contributed by atoms with Crippen LogP contribution in [-0.2, 0) is 11.3 Å². The summed E-state index contributed by atoms with van der Waals surface area (Å²) in [7, 11) is 0. The number of carbonyl (C=O) groups is 1. The first-order valence-corrected chi connectivity index (χ1v) is 8.25. The number of imidazole rings is 1. The van der Waals surface area contributed by atoms with E-state index in [0.717, 1.165) is 17.6 Å². The molecule has 0 radical (unpaired) electrons. The molecule has 132 valence electrons. The van der Waals surface area contributed by atoms with Crippen LogP contribution in [0.5, 0.6) is 0 Å². The molecule has 1 saturated carbocycles. The smallest absolute Gasteiger partial charge is 0.237 e. The first-order chi connectivity index (χ1) is 10.8. The van der Waals surface area contributed by atoms with Gasteiger partial charge in [0.05, 0.1) is 6.04 Å². The zero-order valence-electron chi connectivity index (χ0n) is 13.5. The van der Waals surface area contributed by atoms with Crippen LogP contribution < -0.4 is 10.6 Å². The molecule has 0 bridgehead atoms. The minimum atomic E-state index is -0.0109. The number of hydrogen-bond acceptors (Lipinski definition) is 3. The predicted octanol–water partition coefficient (Wildman–Crippen LogP) is 2.71. The molecule has 2 aromatic heterocycles. The third-order valence-electron chi connectivity index (χ3n) is 5.11. The topological polar surface area (TPSA) is 58.4 Å². The Labute approximate surface area is 154 Å². The Morgan fingerprint density at radius 3 is 2.96 bits per heavy atom. The summed E-state index contributed by atoms with van der Waals surface area (Å²) < 4.78 is 1.97. The van der Waals surface area contributed by atoms with E-state index in [1.54, 1.807) is 6.20 Å². The molecule has 7 heteroatoms. The maximum Gasteiger partial charge on any atom is 0.237 e. The third-order valence-corrected chi connectivity index (χ3v) is 5.11. The van der Waals surface area contributed by atoms with Crippen molar-refractivity contribution in [1.82, 2.24) is 20.0 Å². The average molecular weight is 371 g/mol. The fourth-order valence-electron chi connectivity index (χ4n) is 3.90. The lowest BCUT2D eigenvalue weighted by molar-refractivity contribution is -0.123. The van der Waals surface area contributed by atoms with E-state index in [9.17, 15) is 4.79 Å². The van der Waals surface area contributed by atoms with Crippen LogP contribution in [0, 0.1) is 5.92 Å². The summed E-state index contributed by atoms with van der Waals surface area (Å²) in [5.74, 6) is 0.836. The van der Waals surface area contributed by atoms with Crippen molar-refractivity contribution in [1.29, 1.82) is 0 Å². The molecule has 2 aliphatic rings. The van der Waals surface area contributed by atoms with Gasteiger partial charge in [-0.3, -0.25) is 4.79 Å². The summed E-state index contributed by atoms with van der Waals surface area (Å²) in [4.78, 5) is 16.7. The van der Waals surface area contributed by atoms with E-state index in [1.165, 1.54) is 25.7 Å². The van der Waals surface area contributed by atoms with Gasteiger partial charge in [-0.25, -0.2) is 4.98 Å². The first-order valence-electron chi connectivity index (χ1n) is 8.25. The molecule has 3 heterocycles. The van der Waals surface area contributed by atoms with Crippen molar-refractivity contribution >= 4 is 36.4 Å². The summed E-state index contributed by atoms with van der Waals surface area (Å²) in [6, 6.07) is 4.59. The van der Waals surface area contributed by atoms with Crippen LogP contribution >= 0.6 is 24.8 Å². The third kappa shape index (κ3) is 3.85. The van der Waals surface area contributed by atoms with Gasteiger partial charge in [0.2, 0.25) is 5.91 Å². The van der Waals surface area contributed by atoms with Gasteiger partial charge in [0.1, 0.15) is 5.65 Å². The van der Waals surface area contributed by atoms with Crippen LogP contribution in [0.1, 0.15) is 37.7 Å². The second-order valence-corrected chi connectivity index (χ2v) is 6.55.